The van der Waals surface area contributed by atoms with Crippen molar-refractivity contribution in [3.63, 3.8) is 0 Å². The molecule has 0 spiro atoms. The molecule has 0 aliphatic rings. The van der Waals surface area contributed by atoms with Crippen LogP contribution in [0.3, 0.4) is 0 Å². The van der Waals surface area contributed by atoms with Crippen LogP contribution < -0.4 is 10.6 Å². The van der Waals surface area contributed by atoms with Gasteiger partial charge in [-0.3, -0.25) is 0 Å². The molecule has 0 N–H and O–H groups in total. The Morgan fingerprint density at radius 1 is 0.590 bits per heavy atom. The Bertz CT molecular complexity index is 1040. The molecule has 0 aliphatic carbocycles. The topological polar surface area (TPSA) is 0 Å². The Kier molecular flexibility index (Phi) is 15.7. The molecule has 0 fully saturated rings. The van der Waals surface area contributed by atoms with Crippen molar-refractivity contribution in [2.24, 2.45) is 0 Å². The van der Waals surface area contributed by atoms with Crippen LogP contribution in [0.5, 0.6) is 0 Å². The Hall–Kier alpha value is -0.906. The molecule has 214 valence electrons. The molecule has 4 rings (SSSR count). The van der Waals surface area contributed by atoms with E-state index >= 15 is 0 Å². The van der Waals surface area contributed by atoms with Gasteiger partial charge in [0.1, 0.15) is 0 Å². The third-order valence-electron chi connectivity index (χ3n) is 8.06. The van der Waals surface area contributed by atoms with Crippen molar-refractivity contribution in [1.29, 1.82) is 0 Å². The second-order valence-electron chi connectivity index (χ2n) is 10.6. The van der Waals surface area contributed by atoms with Crippen LogP contribution in [-0.2, 0) is 20.2 Å². The molecule has 0 saturated heterocycles. The van der Waals surface area contributed by atoms with Gasteiger partial charge in [0.25, 0.3) is 0 Å². The SMILES string of the molecule is CCC(C)P(c1cc2ccccc2[cH-]1)C(C)CC.CCC(C)P(c1cc2ccccc2[cH-]1)C(C)CC.[F][Ti][F]. The zero-order valence-electron chi connectivity index (χ0n) is 25.2. The number of hydrogen-bond acceptors (Lipinski definition) is 0. The number of halogens is 2. The van der Waals surface area contributed by atoms with E-state index in [1.807, 2.05) is 0 Å². The Morgan fingerprint density at radius 2 is 0.872 bits per heavy atom. The average molecular weight is 605 g/mol. The van der Waals surface area contributed by atoms with E-state index in [2.05, 4.69) is 128 Å². The van der Waals surface area contributed by atoms with E-state index in [0.29, 0.717) is 0 Å². The van der Waals surface area contributed by atoms with Gasteiger partial charge in [-0.15, -0.1) is 80.7 Å². The summed E-state index contributed by atoms with van der Waals surface area (Å²) in [5, 5.41) is 8.85. The predicted molar refractivity (Wildman–Crippen MR) is 173 cm³/mol. The molecule has 0 aromatic heterocycles. The van der Waals surface area contributed by atoms with Crippen LogP contribution >= 0.6 is 15.8 Å². The molecule has 0 bridgehead atoms. The van der Waals surface area contributed by atoms with Gasteiger partial charge in [0.15, 0.2) is 0 Å². The summed E-state index contributed by atoms with van der Waals surface area (Å²) >= 11 is -2.50. The summed E-state index contributed by atoms with van der Waals surface area (Å²) in [6.07, 6.45) is 5.16. The summed E-state index contributed by atoms with van der Waals surface area (Å²) in [5.41, 5.74) is 3.30. The molecule has 0 saturated carbocycles. The summed E-state index contributed by atoms with van der Waals surface area (Å²) < 4.78 is 19.5. The van der Waals surface area contributed by atoms with Crippen molar-refractivity contribution in [3.05, 3.63) is 72.8 Å². The molecular weight excluding hydrogens is 556 g/mol. The van der Waals surface area contributed by atoms with E-state index in [-0.39, 0.29) is 15.8 Å². The summed E-state index contributed by atoms with van der Waals surface area (Å²) in [6.45, 7) is 19.0. The molecule has 4 aromatic rings. The maximum atomic E-state index is 9.75. The molecule has 0 radical (unpaired) electrons. The fourth-order valence-corrected chi connectivity index (χ4v) is 11.7. The molecule has 4 aromatic carbocycles. The van der Waals surface area contributed by atoms with E-state index in [1.165, 1.54) is 47.2 Å². The molecular formula is C34H48F2P2Ti-2. The molecule has 0 heterocycles. The van der Waals surface area contributed by atoms with Gasteiger partial charge < -0.3 is 0 Å². The van der Waals surface area contributed by atoms with E-state index in [1.54, 1.807) is 10.6 Å². The van der Waals surface area contributed by atoms with Crippen molar-refractivity contribution in [2.45, 2.75) is 104 Å². The van der Waals surface area contributed by atoms with Crippen molar-refractivity contribution >= 4 is 48.0 Å². The fourth-order valence-electron chi connectivity index (χ4n) is 5.24. The molecule has 0 nitrogen and oxygen atoms in total. The summed E-state index contributed by atoms with van der Waals surface area (Å²) in [5.74, 6) is 0. The second-order valence-corrected chi connectivity index (χ2v) is 17.0. The number of rotatable bonds is 10. The Morgan fingerprint density at radius 3 is 1.13 bits per heavy atom. The van der Waals surface area contributed by atoms with Crippen molar-refractivity contribution < 1.29 is 26.4 Å². The molecule has 0 amide bonds. The second kappa shape index (κ2) is 17.8. The van der Waals surface area contributed by atoms with Crippen molar-refractivity contribution in [3.8, 4) is 0 Å². The first-order valence-corrected chi connectivity index (χ1v) is 18.7. The monoisotopic (exact) mass is 604 g/mol. The van der Waals surface area contributed by atoms with Gasteiger partial charge in [-0.25, -0.2) is 0 Å². The normalized spacial score (nSPS) is 15.7. The van der Waals surface area contributed by atoms with Crippen LogP contribution in [0.2, 0.25) is 0 Å². The Balaban J connectivity index is 0.000000249. The third kappa shape index (κ3) is 9.57. The van der Waals surface area contributed by atoms with Crippen LogP contribution in [0.4, 0.5) is 6.18 Å². The van der Waals surface area contributed by atoms with Gasteiger partial charge in [0.2, 0.25) is 0 Å². The first kappa shape index (κ1) is 34.3. The van der Waals surface area contributed by atoms with Crippen molar-refractivity contribution in [2.75, 3.05) is 0 Å². The fraction of sp³-hybridized carbons (Fsp3) is 0.471. The standard InChI is InChI=1S/2C17H24P.2FH.Ti/c2*1-5-13(3)18(14(4)6-2)17-11-15-9-7-8-10-16(15)12-17;;;/h2*7-14H,5-6H2,1-4H3;2*1H;/q2*-1;;;+2/p-2. The van der Waals surface area contributed by atoms with E-state index in [9.17, 15) is 6.18 Å². The van der Waals surface area contributed by atoms with Crippen molar-refractivity contribution in [1.82, 2.24) is 0 Å². The minimum absolute atomic E-state index is 0.0252. The van der Waals surface area contributed by atoms with Gasteiger partial charge in [-0.2, -0.15) is 12.1 Å². The Labute approximate surface area is 249 Å². The van der Waals surface area contributed by atoms with E-state index in [4.69, 9.17) is 0 Å². The maximum absolute atomic E-state index is 9.75. The predicted octanol–water partition coefficient (Wildman–Crippen LogP) is 11.4. The molecule has 5 heteroatoms. The zero-order chi connectivity index (χ0) is 28.9. The van der Waals surface area contributed by atoms with E-state index in [0.717, 1.165) is 22.6 Å². The molecule has 4 atom stereocenters. The first-order valence-electron chi connectivity index (χ1n) is 14.6. The van der Waals surface area contributed by atoms with Crippen LogP contribution in [0, 0.1) is 0 Å². The molecule has 39 heavy (non-hydrogen) atoms. The van der Waals surface area contributed by atoms with Gasteiger partial charge in [0.05, 0.1) is 0 Å². The van der Waals surface area contributed by atoms with Gasteiger partial charge >= 0.3 is 26.4 Å². The summed E-state index contributed by atoms with van der Waals surface area (Å²) in [6, 6.07) is 27.2. The van der Waals surface area contributed by atoms with Gasteiger partial charge in [0, 0.05) is 0 Å². The quantitative estimate of drug-likeness (QED) is 0.0960. The van der Waals surface area contributed by atoms with Crippen LogP contribution in [-0.4, -0.2) is 22.6 Å². The number of fused-ring (bicyclic) bond motifs is 2. The summed E-state index contributed by atoms with van der Waals surface area (Å²) in [4.78, 5) is 0. The average Bonchev–Trinajstić information content (AvgIpc) is 3.57. The molecule has 0 aliphatic heterocycles. The zero-order valence-corrected chi connectivity index (χ0v) is 28.6. The molecule has 4 unspecified atom stereocenters. The number of benzene rings is 2. The first-order chi connectivity index (χ1) is 18.8. The van der Waals surface area contributed by atoms with Crippen LogP contribution in [0.1, 0.15) is 81.1 Å². The van der Waals surface area contributed by atoms with Gasteiger partial charge in [-0.1, -0.05) is 83.4 Å². The third-order valence-corrected chi connectivity index (χ3v) is 15.0. The minimum atomic E-state index is -2.50. The van der Waals surface area contributed by atoms with Crippen LogP contribution in [0.25, 0.3) is 21.5 Å². The number of hydrogen-bond donors (Lipinski definition) is 0. The summed E-state index contributed by atoms with van der Waals surface area (Å²) in [7, 11) is -0.0504. The van der Waals surface area contributed by atoms with E-state index < -0.39 is 20.2 Å². The van der Waals surface area contributed by atoms with Gasteiger partial charge in [-0.05, 0) is 48.3 Å². The van der Waals surface area contributed by atoms with Crippen LogP contribution in [0.15, 0.2) is 72.8 Å².